The van der Waals surface area contributed by atoms with Gasteiger partial charge in [-0.1, -0.05) is 0 Å². The maximum absolute atomic E-state index is 12.1. The number of rotatable bonds is 2. The zero-order chi connectivity index (χ0) is 13.0. The van der Waals surface area contributed by atoms with Gasteiger partial charge in [-0.25, -0.2) is 0 Å². The average Bonchev–Trinajstić information content (AvgIpc) is 2.24. The van der Waals surface area contributed by atoms with Crippen molar-refractivity contribution in [3.05, 3.63) is 0 Å². The van der Waals surface area contributed by atoms with Crippen LogP contribution in [0.15, 0.2) is 0 Å². The number of hydrogen-bond acceptors (Lipinski definition) is 4. The summed E-state index contributed by atoms with van der Waals surface area (Å²) in [5.41, 5.74) is -0.765. The van der Waals surface area contributed by atoms with E-state index in [9.17, 15) is 9.59 Å². The van der Waals surface area contributed by atoms with Crippen molar-refractivity contribution in [3.8, 4) is 0 Å². The fraction of sp³-hybridized carbons (Fsp3) is 0.857. The summed E-state index contributed by atoms with van der Waals surface area (Å²) in [7, 11) is 1.46. The number of hydrogen-bond donors (Lipinski definition) is 0. The van der Waals surface area contributed by atoms with Crippen LogP contribution in [0.2, 0.25) is 0 Å². The van der Waals surface area contributed by atoms with Crippen molar-refractivity contribution >= 4 is 11.9 Å². The molecule has 0 aliphatic heterocycles. The number of carbonyl (C=O) groups excluding carboxylic acids is 2. The molecule has 4 fully saturated rings. The molecule has 4 bridgehead atoms. The lowest BCUT2D eigenvalue weighted by atomic mass is 9.48. The molecule has 4 saturated carbocycles. The van der Waals surface area contributed by atoms with Crippen LogP contribution in [0.5, 0.6) is 0 Å². The molecule has 2 atom stereocenters. The number of ether oxygens (including phenoxy) is 2. The summed E-state index contributed by atoms with van der Waals surface area (Å²) in [4.78, 5) is 23.5. The second-order valence-electron chi connectivity index (χ2n) is 6.51. The minimum absolute atomic E-state index is 0.104. The Hall–Kier alpha value is -1.06. The molecule has 4 heteroatoms. The normalized spacial score (nSPS) is 44.8. The minimum atomic E-state index is -0.385. The molecule has 4 aliphatic carbocycles. The van der Waals surface area contributed by atoms with Gasteiger partial charge in [0.05, 0.1) is 12.5 Å². The molecule has 100 valence electrons. The molecule has 18 heavy (non-hydrogen) atoms. The van der Waals surface area contributed by atoms with Gasteiger partial charge in [0, 0.05) is 13.3 Å². The van der Waals surface area contributed by atoms with Crippen molar-refractivity contribution in [2.45, 2.75) is 51.0 Å². The van der Waals surface area contributed by atoms with Crippen LogP contribution in [0.25, 0.3) is 0 Å². The first-order valence-corrected chi connectivity index (χ1v) is 6.75. The first kappa shape index (κ1) is 12.0. The quantitative estimate of drug-likeness (QED) is 0.706. The largest absolute Gasteiger partial charge is 0.469 e. The topological polar surface area (TPSA) is 52.6 Å². The van der Waals surface area contributed by atoms with Crippen LogP contribution in [0.4, 0.5) is 0 Å². The van der Waals surface area contributed by atoms with Gasteiger partial charge in [-0.2, -0.15) is 0 Å². The summed E-state index contributed by atoms with van der Waals surface area (Å²) < 4.78 is 10.6. The second kappa shape index (κ2) is 3.72. The van der Waals surface area contributed by atoms with Crippen LogP contribution in [0.3, 0.4) is 0 Å². The Morgan fingerprint density at radius 1 is 1.11 bits per heavy atom. The molecule has 4 rings (SSSR count). The first-order chi connectivity index (χ1) is 8.47. The average molecular weight is 252 g/mol. The lowest BCUT2D eigenvalue weighted by Gasteiger charge is -2.59. The third-order valence-electron chi connectivity index (χ3n) is 4.99. The van der Waals surface area contributed by atoms with Crippen molar-refractivity contribution in [2.24, 2.45) is 17.3 Å². The van der Waals surface area contributed by atoms with E-state index in [1.54, 1.807) is 0 Å². The van der Waals surface area contributed by atoms with E-state index in [-0.39, 0.29) is 23.0 Å². The minimum Gasteiger partial charge on any atom is -0.469 e. The van der Waals surface area contributed by atoms with Gasteiger partial charge in [0.15, 0.2) is 0 Å². The predicted molar refractivity (Wildman–Crippen MR) is 63.6 cm³/mol. The monoisotopic (exact) mass is 252 g/mol. The van der Waals surface area contributed by atoms with E-state index >= 15 is 0 Å². The van der Waals surface area contributed by atoms with Crippen molar-refractivity contribution in [1.82, 2.24) is 0 Å². The molecular weight excluding hydrogens is 232 g/mol. The van der Waals surface area contributed by atoms with Crippen LogP contribution in [-0.2, 0) is 19.1 Å². The van der Waals surface area contributed by atoms with Crippen molar-refractivity contribution in [1.29, 1.82) is 0 Å². The standard InChI is InChI=1S/C14H20O4/c1-9(15)18-14-6-10-3-11(7-14)5-13(4-10,8-14)12(16)17-2/h10-11H,3-8H2,1-2H3. The SMILES string of the molecule is COC(=O)C12CC3CC(CC(OC(C)=O)(C3)C1)C2. The Kier molecular flexibility index (Phi) is 2.48. The molecule has 0 saturated heterocycles. The second-order valence-corrected chi connectivity index (χ2v) is 6.51. The Morgan fingerprint density at radius 2 is 1.72 bits per heavy atom. The van der Waals surface area contributed by atoms with E-state index < -0.39 is 0 Å². The molecule has 0 aromatic carbocycles. The smallest absolute Gasteiger partial charge is 0.311 e. The van der Waals surface area contributed by atoms with Crippen LogP contribution in [0.1, 0.15) is 45.4 Å². The fourth-order valence-corrected chi connectivity index (χ4v) is 5.06. The van der Waals surface area contributed by atoms with Gasteiger partial charge >= 0.3 is 11.9 Å². The molecule has 0 aromatic rings. The maximum atomic E-state index is 12.1. The third-order valence-corrected chi connectivity index (χ3v) is 4.99. The Labute approximate surface area is 107 Å². The van der Waals surface area contributed by atoms with Gasteiger partial charge in [-0.05, 0) is 43.9 Å². The molecule has 0 heterocycles. The summed E-state index contributed by atoms with van der Waals surface area (Å²) in [6.07, 6.45) is 5.54. The highest BCUT2D eigenvalue weighted by molar-refractivity contribution is 5.78. The lowest BCUT2D eigenvalue weighted by Crippen LogP contribution is -2.59. The zero-order valence-electron chi connectivity index (χ0n) is 11.0. The predicted octanol–water partition coefficient (Wildman–Crippen LogP) is 2.06. The third kappa shape index (κ3) is 1.65. The van der Waals surface area contributed by atoms with Crippen LogP contribution < -0.4 is 0 Å². The van der Waals surface area contributed by atoms with Gasteiger partial charge in [-0.15, -0.1) is 0 Å². The molecule has 4 aliphatic rings. The molecule has 0 amide bonds. The first-order valence-electron chi connectivity index (χ1n) is 6.75. The van der Waals surface area contributed by atoms with Crippen LogP contribution in [0, 0.1) is 17.3 Å². The fourth-order valence-electron chi connectivity index (χ4n) is 5.06. The van der Waals surface area contributed by atoms with E-state index in [2.05, 4.69) is 0 Å². The molecule has 2 unspecified atom stereocenters. The maximum Gasteiger partial charge on any atom is 0.311 e. The lowest BCUT2D eigenvalue weighted by molar-refractivity contribution is -0.210. The van der Waals surface area contributed by atoms with Gasteiger partial charge < -0.3 is 9.47 Å². The summed E-state index contributed by atoms with van der Waals surface area (Å²) in [6, 6.07) is 0. The summed E-state index contributed by atoms with van der Waals surface area (Å²) >= 11 is 0. The molecule has 0 N–H and O–H groups in total. The van der Waals surface area contributed by atoms with Crippen molar-refractivity contribution in [2.75, 3.05) is 7.11 Å². The molecule has 0 aromatic heterocycles. The van der Waals surface area contributed by atoms with Gasteiger partial charge in [0.2, 0.25) is 0 Å². The zero-order valence-corrected chi connectivity index (χ0v) is 11.0. The van der Waals surface area contributed by atoms with Gasteiger partial charge in [0.1, 0.15) is 5.60 Å². The molecular formula is C14H20O4. The van der Waals surface area contributed by atoms with Crippen LogP contribution >= 0.6 is 0 Å². The molecule has 0 spiro atoms. The summed E-state index contributed by atoms with van der Waals surface area (Å²) in [6.45, 7) is 1.46. The number of carbonyl (C=O) groups is 2. The number of esters is 2. The van der Waals surface area contributed by atoms with E-state index in [1.807, 2.05) is 0 Å². The van der Waals surface area contributed by atoms with E-state index in [0.29, 0.717) is 18.3 Å². The molecule has 0 radical (unpaired) electrons. The van der Waals surface area contributed by atoms with Crippen LogP contribution in [-0.4, -0.2) is 24.6 Å². The van der Waals surface area contributed by atoms with Crippen molar-refractivity contribution < 1.29 is 19.1 Å². The Balaban J connectivity index is 1.92. The van der Waals surface area contributed by atoms with Crippen molar-refractivity contribution in [3.63, 3.8) is 0 Å². The summed E-state index contributed by atoms with van der Waals surface area (Å²) in [5.74, 6) is 0.708. The highest BCUT2D eigenvalue weighted by atomic mass is 16.6. The van der Waals surface area contributed by atoms with Gasteiger partial charge in [0.25, 0.3) is 0 Å². The Bertz CT molecular complexity index is 387. The molecule has 4 nitrogen and oxygen atoms in total. The highest BCUT2D eigenvalue weighted by Crippen LogP contribution is 2.63. The highest BCUT2D eigenvalue weighted by Gasteiger charge is 2.62. The summed E-state index contributed by atoms with van der Waals surface area (Å²) in [5, 5.41) is 0. The Morgan fingerprint density at radius 3 is 2.22 bits per heavy atom. The number of methoxy groups -OCH3 is 1. The van der Waals surface area contributed by atoms with E-state index in [1.165, 1.54) is 20.5 Å². The van der Waals surface area contributed by atoms with E-state index in [4.69, 9.17) is 9.47 Å². The van der Waals surface area contributed by atoms with E-state index in [0.717, 1.165) is 25.7 Å². The van der Waals surface area contributed by atoms with Gasteiger partial charge in [-0.3, -0.25) is 9.59 Å².